The third kappa shape index (κ3) is 2.97. The minimum atomic E-state index is -0.0423. The normalized spacial score (nSPS) is 31.6. The molecule has 0 spiro atoms. The van der Waals surface area contributed by atoms with Gasteiger partial charge in [-0.1, -0.05) is 13.3 Å². The fourth-order valence-electron chi connectivity index (χ4n) is 2.80. The van der Waals surface area contributed by atoms with E-state index in [1.165, 1.54) is 25.7 Å². The molecule has 1 aliphatic carbocycles. The third-order valence-corrected chi connectivity index (χ3v) is 3.96. The average molecular weight is 225 g/mol. The Morgan fingerprint density at radius 2 is 2.06 bits per heavy atom. The van der Waals surface area contributed by atoms with E-state index in [2.05, 4.69) is 12.2 Å². The summed E-state index contributed by atoms with van der Waals surface area (Å²) in [6, 6.07) is -0.0423. The van der Waals surface area contributed by atoms with Crippen LogP contribution in [0.1, 0.15) is 51.9 Å². The number of nitrogens with one attached hydrogen (secondary N) is 1. The van der Waals surface area contributed by atoms with Crippen LogP contribution in [-0.2, 0) is 9.53 Å². The van der Waals surface area contributed by atoms with Crippen molar-refractivity contribution in [2.75, 3.05) is 6.54 Å². The Morgan fingerprint density at radius 3 is 2.75 bits per heavy atom. The Kier molecular flexibility index (Phi) is 4.22. The summed E-state index contributed by atoms with van der Waals surface area (Å²) in [5.41, 5.74) is 0. The zero-order valence-electron chi connectivity index (χ0n) is 10.2. The third-order valence-electron chi connectivity index (χ3n) is 3.96. The van der Waals surface area contributed by atoms with Crippen molar-refractivity contribution in [3.05, 3.63) is 0 Å². The molecule has 3 heteroatoms. The zero-order chi connectivity index (χ0) is 11.4. The number of carbonyl (C=O) groups excluding carboxylic acids is 1. The largest absolute Gasteiger partial charge is 0.461 e. The molecule has 1 saturated carbocycles. The van der Waals surface area contributed by atoms with Gasteiger partial charge in [-0.15, -0.1) is 0 Å². The summed E-state index contributed by atoms with van der Waals surface area (Å²) in [6.45, 7) is 3.16. The van der Waals surface area contributed by atoms with E-state index in [-0.39, 0.29) is 18.1 Å². The summed E-state index contributed by atoms with van der Waals surface area (Å²) in [6.07, 6.45) is 8.10. The van der Waals surface area contributed by atoms with Crippen molar-refractivity contribution in [3.8, 4) is 0 Å². The molecule has 2 aliphatic rings. The van der Waals surface area contributed by atoms with Crippen molar-refractivity contribution in [2.45, 2.75) is 64.0 Å². The lowest BCUT2D eigenvalue weighted by atomic mass is 9.90. The van der Waals surface area contributed by atoms with E-state index in [1.54, 1.807) is 0 Å². The number of carbonyl (C=O) groups is 1. The van der Waals surface area contributed by atoms with Crippen molar-refractivity contribution in [3.63, 3.8) is 0 Å². The molecule has 3 nitrogen and oxygen atoms in total. The predicted octanol–water partition coefficient (Wildman–Crippen LogP) is 2.25. The quantitative estimate of drug-likeness (QED) is 0.749. The Bertz CT molecular complexity index is 236. The summed E-state index contributed by atoms with van der Waals surface area (Å²) in [7, 11) is 0. The highest BCUT2D eigenvalue weighted by atomic mass is 16.5. The molecule has 0 aromatic rings. The van der Waals surface area contributed by atoms with Crippen molar-refractivity contribution in [2.24, 2.45) is 5.92 Å². The Balaban J connectivity index is 1.79. The van der Waals surface area contributed by atoms with Gasteiger partial charge in [0, 0.05) is 0 Å². The van der Waals surface area contributed by atoms with E-state index in [9.17, 15) is 4.79 Å². The van der Waals surface area contributed by atoms with Crippen LogP contribution in [0, 0.1) is 5.92 Å². The highest BCUT2D eigenvalue weighted by Crippen LogP contribution is 2.24. The molecule has 0 bridgehead atoms. The van der Waals surface area contributed by atoms with Gasteiger partial charge in [-0.25, -0.2) is 0 Å². The Labute approximate surface area is 97.9 Å². The molecule has 0 radical (unpaired) electrons. The van der Waals surface area contributed by atoms with E-state index < -0.39 is 0 Å². The van der Waals surface area contributed by atoms with Crippen LogP contribution in [0.5, 0.6) is 0 Å². The Hall–Kier alpha value is -0.570. The molecular weight excluding hydrogens is 202 g/mol. The predicted molar refractivity (Wildman–Crippen MR) is 63.2 cm³/mol. The fraction of sp³-hybridized carbons (Fsp3) is 0.923. The van der Waals surface area contributed by atoms with Crippen LogP contribution >= 0.6 is 0 Å². The zero-order valence-corrected chi connectivity index (χ0v) is 10.2. The molecule has 0 aromatic carbocycles. The second-order valence-electron chi connectivity index (χ2n) is 5.15. The fourth-order valence-corrected chi connectivity index (χ4v) is 2.80. The molecule has 0 aromatic heterocycles. The second-order valence-corrected chi connectivity index (χ2v) is 5.15. The molecule has 2 atom stereocenters. The first kappa shape index (κ1) is 11.9. The summed E-state index contributed by atoms with van der Waals surface area (Å²) in [4.78, 5) is 11.9. The molecule has 92 valence electrons. The van der Waals surface area contributed by atoms with Crippen LogP contribution in [0.25, 0.3) is 0 Å². The molecule has 1 N–H and O–H groups in total. The number of hydrogen-bond acceptors (Lipinski definition) is 3. The van der Waals surface area contributed by atoms with E-state index in [0.29, 0.717) is 5.92 Å². The molecule has 0 amide bonds. The van der Waals surface area contributed by atoms with Crippen LogP contribution in [0.4, 0.5) is 0 Å². The number of esters is 1. The smallest absolute Gasteiger partial charge is 0.323 e. The number of piperidine rings is 1. The van der Waals surface area contributed by atoms with E-state index >= 15 is 0 Å². The standard InChI is InChI=1S/C13H23NO2/c1-2-10-7-8-14-12(9-10)13(15)16-11-5-3-4-6-11/h10-12,14H,2-9H2,1H3/t10-,12-/m1/s1. The maximum absolute atomic E-state index is 11.9. The maximum Gasteiger partial charge on any atom is 0.323 e. The summed E-state index contributed by atoms with van der Waals surface area (Å²) in [5, 5.41) is 3.28. The maximum atomic E-state index is 11.9. The van der Waals surface area contributed by atoms with Gasteiger partial charge in [0.15, 0.2) is 0 Å². The van der Waals surface area contributed by atoms with Crippen molar-refractivity contribution >= 4 is 5.97 Å². The lowest BCUT2D eigenvalue weighted by Gasteiger charge is -2.29. The first-order chi connectivity index (χ1) is 7.79. The number of hydrogen-bond donors (Lipinski definition) is 1. The van der Waals surface area contributed by atoms with Gasteiger partial charge in [0.2, 0.25) is 0 Å². The van der Waals surface area contributed by atoms with Crippen LogP contribution in [0.3, 0.4) is 0 Å². The molecule has 1 heterocycles. The molecule has 1 saturated heterocycles. The first-order valence-electron chi connectivity index (χ1n) is 6.73. The summed E-state index contributed by atoms with van der Waals surface area (Å²) >= 11 is 0. The van der Waals surface area contributed by atoms with Gasteiger partial charge < -0.3 is 10.1 Å². The number of ether oxygens (including phenoxy) is 1. The lowest BCUT2D eigenvalue weighted by Crippen LogP contribution is -2.45. The minimum Gasteiger partial charge on any atom is -0.461 e. The van der Waals surface area contributed by atoms with Crippen molar-refractivity contribution in [1.82, 2.24) is 5.32 Å². The molecular formula is C13H23NO2. The van der Waals surface area contributed by atoms with Gasteiger partial charge in [-0.3, -0.25) is 4.79 Å². The van der Waals surface area contributed by atoms with Crippen LogP contribution in [0.2, 0.25) is 0 Å². The van der Waals surface area contributed by atoms with E-state index in [4.69, 9.17) is 4.74 Å². The van der Waals surface area contributed by atoms with Crippen LogP contribution in [-0.4, -0.2) is 24.7 Å². The minimum absolute atomic E-state index is 0.00921. The topological polar surface area (TPSA) is 38.3 Å². The second kappa shape index (κ2) is 5.67. The molecule has 2 fully saturated rings. The van der Waals surface area contributed by atoms with E-state index in [0.717, 1.165) is 25.8 Å². The van der Waals surface area contributed by atoms with Crippen molar-refractivity contribution in [1.29, 1.82) is 0 Å². The lowest BCUT2D eigenvalue weighted by molar-refractivity contribution is -0.152. The van der Waals surface area contributed by atoms with Gasteiger partial charge in [-0.05, 0) is 51.0 Å². The summed E-state index contributed by atoms with van der Waals surface area (Å²) in [5.74, 6) is 0.687. The molecule has 16 heavy (non-hydrogen) atoms. The number of rotatable bonds is 3. The van der Waals surface area contributed by atoms with E-state index in [1.807, 2.05) is 0 Å². The van der Waals surface area contributed by atoms with Gasteiger partial charge in [0.25, 0.3) is 0 Å². The van der Waals surface area contributed by atoms with Gasteiger partial charge in [0.05, 0.1) is 0 Å². The highest BCUT2D eigenvalue weighted by molar-refractivity contribution is 5.76. The van der Waals surface area contributed by atoms with Gasteiger partial charge >= 0.3 is 5.97 Å². The Morgan fingerprint density at radius 1 is 1.31 bits per heavy atom. The SMILES string of the molecule is CC[C@@H]1CCN[C@@H](C(=O)OC2CCCC2)C1. The average Bonchev–Trinajstić information content (AvgIpc) is 2.82. The summed E-state index contributed by atoms with van der Waals surface area (Å²) < 4.78 is 5.54. The molecule has 1 aliphatic heterocycles. The van der Waals surface area contributed by atoms with Crippen LogP contribution < -0.4 is 5.32 Å². The molecule has 2 rings (SSSR count). The first-order valence-corrected chi connectivity index (χ1v) is 6.73. The van der Waals surface area contributed by atoms with Crippen LogP contribution in [0.15, 0.2) is 0 Å². The molecule has 0 unspecified atom stereocenters. The monoisotopic (exact) mass is 225 g/mol. The van der Waals surface area contributed by atoms with Crippen molar-refractivity contribution < 1.29 is 9.53 Å². The van der Waals surface area contributed by atoms with Gasteiger partial charge in [-0.2, -0.15) is 0 Å². The van der Waals surface area contributed by atoms with Gasteiger partial charge in [0.1, 0.15) is 12.1 Å². The highest BCUT2D eigenvalue weighted by Gasteiger charge is 2.29.